The fraction of sp³-hybridized carbons (Fsp3) is 0.621. The van der Waals surface area contributed by atoms with Crippen LogP contribution in [0.5, 0.6) is 0 Å². The van der Waals surface area contributed by atoms with Crippen LogP contribution in [0, 0.1) is 11.8 Å². The minimum atomic E-state index is -1.12. The molecule has 5 aliphatic rings. The Morgan fingerprint density at radius 3 is 2.51 bits per heavy atom. The van der Waals surface area contributed by atoms with Crippen LogP contribution in [-0.2, 0) is 23.9 Å². The molecule has 10 heteroatoms. The quantitative estimate of drug-likeness (QED) is 0.445. The van der Waals surface area contributed by atoms with Crippen LogP contribution in [0.4, 0.5) is 5.69 Å². The highest BCUT2D eigenvalue weighted by Crippen LogP contribution is 2.55. The first-order chi connectivity index (χ1) is 19.0. The molecule has 39 heavy (non-hydrogen) atoms. The van der Waals surface area contributed by atoms with E-state index in [1.54, 1.807) is 4.90 Å². The Balaban J connectivity index is 1.23. The van der Waals surface area contributed by atoms with Crippen LogP contribution >= 0.6 is 15.9 Å². The van der Waals surface area contributed by atoms with Gasteiger partial charge in [0.1, 0.15) is 11.6 Å². The van der Waals surface area contributed by atoms with Gasteiger partial charge in [0.25, 0.3) is 0 Å². The monoisotopic (exact) mass is 600 g/mol. The van der Waals surface area contributed by atoms with E-state index in [9.17, 15) is 14.4 Å². The van der Waals surface area contributed by atoms with Crippen LogP contribution in [0.2, 0.25) is 0 Å². The Morgan fingerprint density at radius 1 is 1.03 bits per heavy atom. The second-order valence-electron chi connectivity index (χ2n) is 11.4. The highest BCUT2D eigenvalue weighted by atomic mass is 79.9. The molecular weight excluding hydrogens is 564 g/mol. The van der Waals surface area contributed by atoms with Gasteiger partial charge in [-0.1, -0.05) is 47.3 Å². The molecule has 4 heterocycles. The molecule has 210 valence electrons. The summed E-state index contributed by atoms with van der Waals surface area (Å²) >= 11 is 3.42. The van der Waals surface area contributed by atoms with Crippen LogP contribution in [0.15, 0.2) is 40.9 Å². The maximum absolute atomic E-state index is 14.1. The van der Waals surface area contributed by atoms with Gasteiger partial charge in [-0.3, -0.25) is 19.3 Å². The number of carbonyl (C=O) groups is 3. The van der Waals surface area contributed by atoms with Crippen LogP contribution < -0.4 is 10.6 Å². The van der Waals surface area contributed by atoms with Crippen molar-refractivity contribution in [3.05, 3.63) is 40.9 Å². The van der Waals surface area contributed by atoms with Crippen LogP contribution in [0.3, 0.4) is 0 Å². The number of fused-ring (bicyclic) bond motifs is 1. The van der Waals surface area contributed by atoms with E-state index in [4.69, 9.17) is 9.47 Å². The van der Waals surface area contributed by atoms with E-state index in [0.29, 0.717) is 12.2 Å². The molecule has 1 aromatic carbocycles. The normalized spacial score (nSPS) is 32.4. The average molecular weight is 602 g/mol. The van der Waals surface area contributed by atoms with Gasteiger partial charge in [0.05, 0.1) is 31.2 Å². The summed E-state index contributed by atoms with van der Waals surface area (Å²) in [5.74, 6) is -2.01. The number of nitrogens with zero attached hydrogens (tertiary/aromatic N) is 2. The summed E-state index contributed by atoms with van der Waals surface area (Å²) in [5, 5.41) is 6.23. The number of nitrogens with one attached hydrogen (secondary N) is 2. The van der Waals surface area contributed by atoms with Gasteiger partial charge in [0.2, 0.25) is 17.7 Å². The lowest BCUT2D eigenvalue weighted by Crippen LogP contribution is -2.56. The van der Waals surface area contributed by atoms with Gasteiger partial charge in [0.15, 0.2) is 0 Å². The molecule has 1 saturated carbocycles. The molecule has 5 atom stereocenters. The Morgan fingerprint density at radius 2 is 1.77 bits per heavy atom. The van der Waals surface area contributed by atoms with Gasteiger partial charge < -0.3 is 25.0 Å². The molecule has 4 aliphatic heterocycles. The van der Waals surface area contributed by atoms with Crippen LogP contribution in [0.25, 0.3) is 0 Å². The number of morpholine rings is 1. The maximum Gasteiger partial charge on any atom is 0.246 e. The number of amides is 3. The van der Waals surface area contributed by atoms with Gasteiger partial charge in [-0.2, -0.15) is 0 Å². The number of benzene rings is 1. The zero-order valence-corrected chi connectivity index (χ0v) is 23.7. The summed E-state index contributed by atoms with van der Waals surface area (Å²) in [6.45, 7) is 4.45. The largest absolute Gasteiger partial charge is 0.379 e. The number of ether oxygens (including phenoxy) is 2. The number of likely N-dealkylation sites (tertiary alicyclic amines) is 1. The Hall–Kier alpha value is -2.27. The minimum absolute atomic E-state index is 0.117. The number of halogens is 1. The van der Waals surface area contributed by atoms with Crippen LogP contribution in [0.1, 0.15) is 38.5 Å². The fourth-order valence-corrected chi connectivity index (χ4v) is 7.35. The van der Waals surface area contributed by atoms with Gasteiger partial charge >= 0.3 is 0 Å². The second-order valence-corrected chi connectivity index (χ2v) is 12.3. The first-order valence-electron chi connectivity index (χ1n) is 14.3. The summed E-state index contributed by atoms with van der Waals surface area (Å²) in [7, 11) is 0. The Kier molecular flexibility index (Phi) is 7.81. The first kappa shape index (κ1) is 26.9. The van der Waals surface area contributed by atoms with E-state index < -0.39 is 29.6 Å². The third kappa shape index (κ3) is 5.16. The minimum Gasteiger partial charge on any atom is -0.379 e. The molecule has 0 unspecified atom stereocenters. The lowest BCUT2D eigenvalue weighted by Gasteiger charge is -2.34. The summed E-state index contributed by atoms with van der Waals surface area (Å²) in [6.07, 6.45) is 9.26. The van der Waals surface area contributed by atoms with Gasteiger partial charge in [-0.15, -0.1) is 0 Å². The Labute approximate surface area is 237 Å². The molecule has 3 saturated heterocycles. The lowest BCUT2D eigenvalue weighted by molar-refractivity contribution is -0.141. The van der Waals surface area contributed by atoms with E-state index in [1.165, 1.54) is 6.42 Å². The first-order valence-corrected chi connectivity index (χ1v) is 15.1. The third-order valence-corrected chi connectivity index (χ3v) is 9.49. The number of rotatable bonds is 8. The zero-order chi connectivity index (χ0) is 27.0. The van der Waals surface area contributed by atoms with Gasteiger partial charge in [-0.25, -0.2) is 0 Å². The topological polar surface area (TPSA) is 100 Å². The number of carbonyl (C=O) groups excluding carboxylic acids is 3. The molecule has 1 spiro atoms. The Bertz CT molecular complexity index is 1120. The van der Waals surface area contributed by atoms with Crippen molar-refractivity contribution >= 4 is 39.3 Å². The molecule has 9 nitrogen and oxygen atoms in total. The van der Waals surface area contributed by atoms with E-state index >= 15 is 0 Å². The summed E-state index contributed by atoms with van der Waals surface area (Å²) in [6, 6.07) is 6.68. The van der Waals surface area contributed by atoms with Crippen molar-refractivity contribution < 1.29 is 23.9 Å². The molecule has 1 aromatic rings. The number of hydrogen-bond acceptors (Lipinski definition) is 6. The predicted molar refractivity (Wildman–Crippen MR) is 149 cm³/mol. The molecule has 0 radical (unpaired) electrons. The summed E-state index contributed by atoms with van der Waals surface area (Å²) in [5.41, 5.74) is -0.468. The van der Waals surface area contributed by atoms with E-state index in [-0.39, 0.29) is 23.8 Å². The molecule has 2 N–H and O–H groups in total. The average Bonchev–Trinajstić information content (AvgIpc) is 3.58. The smallest absolute Gasteiger partial charge is 0.246 e. The summed E-state index contributed by atoms with van der Waals surface area (Å²) < 4.78 is 12.8. The third-order valence-electron chi connectivity index (χ3n) is 8.97. The molecule has 1 aliphatic carbocycles. The van der Waals surface area contributed by atoms with Crippen molar-refractivity contribution in [1.29, 1.82) is 0 Å². The molecular formula is C29H37BrN4O5. The van der Waals surface area contributed by atoms with Gasteiger partial charge in [0, 0.05) is 42.4 Å². The zero-order valence-electron chi connectivity index (χ0n) is 22.1. The number of hydrogen-bond donors (Lipinski definition) is 2. The highest BCUT2D eigenvalue weighted by Gasteiger charge is 2.72. The standard InChI is InChI=1S/C29H37BrN4O5/c30-19-7-9-21(10-8-19)31-26(35)23-22-11-12-29(39-22)24(23)28(37)34(14-4-13-33-15-17-38-18-16-33)25(29)27(36)32-20-5-2-1-3-6-20/h7-12,20,22-25H,1-6,13-18H2,(H,31,35)(H,32,36)/t22-,23+,24-,25+,29-/m0/s1. The van der Waals surface area contributed by atoms with Crippen molar-refractivity contribution in [3.8, 4) is 0 Å². The van der Waals surface area contributed by atoms with E-state index in [0.717, 1.165) is 69.4 Å². The predicted octanol–water partition coefficient (Wildman–Crippen LogP) is 2.71. The lowest BCUT2D eigenvalue weighted by atomic mass is 9.74. The van der Waals surface area contributed by atoms with E-state index in [1.807, 2.05) is 36.4 Å². The molecule has 4 fully saturated rings. The van der Waals surface area contributed by atoms with Crippen molar-refractivity contribution in [2.75, 3.05) is 44.7 Å². The second kappa shape index (κ2) is 11.3. The SMILES string of the molecule is O=C(Nc1ccc(Br)cc1)[C@@H]1[C@@H]2C=C[C@]3(O2)[C@@H]1C(=O)N(CCCN1CCOCC1)[C@@H]3C(=O)NC1CCCCC1. The molecule has 3 amide bonds. The maximum atomic E-state index is 14.1. The molecule has 0 aromatic heterocycles. The molecule has 6 rings (SSSR count). The van der Waals surface area contributed by atoms with Crippen molar-refractivity contribution in [2.45, 2.75) is 62.3 Å². The fourth-order valence-electron chi connectivity index (χ4n) is 7.08. The highest BCUT2D eigenvalue weighted by molar-refractivity contribution is 9.10. The van der Waals surface area contributed by atoms with Crippen LogP contribution in [-0.4, -0.2) is 90.7 Å². The summed E-state index contributed by atoms with van der Waals surface area (Å²) in [4.78, 5) is 45.6. The van der Waals surface area contributed by atoms with E-state index in [2.05, 4.69) is 31.5 Å². The van der Waals surface area contributed by atoms with Crippen molar-refractivity contribution in [3.63, 3.8) is 0 Å². The van der Waals surface area contributed by atoms with Crippen molar-refractivity contribution in [1.82, 2.24) is 15.1 Å². The molecule has 2 bridgehead atoms. The van der Waals surface area contributed by atoms with Crippen molar-refractivity contribution in [2.24, 2.45) is 11.8 Å². The number of anilines is 1. The van der Waals surface area contributed by atoms with Gasteiger partial charge in [-0.05, 0) is 43.5 Å².